The highest BCUT2D eigenvalue weighted by Crippen LogP contribution is 2.37. The van der Waals surface area contributed by atoms with Gasteiger partial charge in [0.25, 0.3) is 5.89 Å². The van der Waals surface area contributed by atoms with E-state index < -0.39 is 15.8 Å². The molecule has 1 aliphatic carbocycles. The first-order chi connectivity index (χ1) is 15.9. The molecular formula is C23H22FN3O4S2. The van der Waals surface area contributed by atoms with Gasteiger partial charge in [-0.1, -0.05) is 30.1 Å². The van der Waals surface area contributed by atoms with Crippen LogP contribution in [-0.4, -0.2) is 28.9 Å². The summed E-state index contributed by atoms with van der Waals surface area (Å²) in [6, 6.07) is 11.0. The third-order valence-electron chi connectivity index (χ3n) is 5.80. The van der Waals surface area contributed by atoms with Crippen molar-refractivity contribution in [2.45, 2.75) is 50.1 Å². The van der Waals surface area contributed by atoms with E-state index in [1.165, 1.54) is 23.5 Å². The highest BCUT2D eigenvalue weighted by Gasteiger charge is 2.36. The Morgan fingerprint density at radius 3 is 2.73 bits per heavy atom. The first-order valence-corrected chi connectivity index (χ1v) is 12.9. The van der Waals surface area contributed by atoms with Crippen LogP contribution < -0.4 is 0 Å². The number of furan rings is 1. The zero-order chi connectivity index (χ0) is 23.0. The van der Waals surface area contributed by atoms with Crippen molar-refractivity contribution in [3.63, 3.8) is 0 Å². The quantitative estimate of drug-likeness (QED) is 0.335. The topological polar surface area (TPSA) is 89.4 Å². The molecule has 3 heterocycles. The van der Waals surface area contributed by atoms with Crippen molar-refractivity contribution in [1.82, 2.24) is 14.4 Å². The van der Waals surface area contributed by atoms with Crippen molar-refractivity contribution in [3.8, 4) is 22.2 Å². The van der Waals surface area contributed by atoms with E-state index in [9.17, 15) is 12.8 Å². The van der Waals surface area contributed by atoms with Crippen LogP contribution in [0.3, 0.4) is 0 Å². The lowest BCUT2D eigenvalue weighted by molar-refractivity contribution is 0.292. The number of hydrogen-bond donors (Lipinski definition) is 0. The van der Waals surface area contributed by atoms with E-state index in [0.717, 1.165) is 25.7 Å². The second-order valence-corrected chi connectivity index (χ2v) is 11.1. The summed E-state index contributed by atoms with van der Waals surface area (Å²) < 4.78 is 53.4. The van der Waals surface area contributed by atoms with Gasteiger partial charge in [0.15, 0.2) is 0 Å². The molecule has 7 nitrogen and oxygen atoms in total. The number of aromatic nitrogens is 2. The molecule has 0 bridgehead atoms. The van der Waals surface area contributed by atoms with E-state index in [-0.39, 0.29) is 29.2 Å². The molecule has 1 aromatic carbocycles. The van der Waals surface area contributed by atoms with Gasteiger partial charge >= 0.3 is 0 Å². The fourth-order valence-corrected chi connectivity index (χ4v) is 7.32. The second kappa shape index (κ2) is 8.85. The zero-order valence-electron chi connectivity index (χ0n) is 17.9. The molecular weight excluding hydrogens is 465 g/mol. The third kappa shape index (κ3) is 4.38. The molecule has 0 saturated heterocycles. The van der Waals surface area contributed by atoms with E-state index in [4.69, 9.17) is 8.94 Å². The van der Waals surface area contributed by atoms with E-state index in [2.05, 4.69) is 10.1 Å². The SMILES string of the molecule is Cc1sc(-c2nc(-c3cccc(F)c3)no2)cc1S(=O)(=O)N(Cc1ccco1)C1CCCC1. The van der Waals surface area contributed by atoms with Gasteiger partial charge in [0, 0.05) is 16.5 Å². The number of rotatable bonds is 7. The molecule has 0 amide bonds. The first kappa shape index (κ1) is 22.0. The Kier molecular flexibility index (Phi) is 5.90. The summed E-state index contributed by atoms with van der Waals surface area (Å²) in [5.41, 5.74) is 0.483. The Balaban J connectivity index is 1.48. The number of sulfonamides is 1. The molecule has 0 atom stereocenters. The minimum Gasteiger partial charge on any atom is -0.468 e. The lowest BCUT2D eigenvalue weighted by atomic mass is 10.2. The fourth-order valence-electron chi connectivity index (χ4n) is 4.18. The number of benzene rings is 1. The largest absolute Gasteiger partial charge is 0.468 e. The van der Waals surface area contributed by atoms with Gasteiger partial charge in [-0.2, -0.15) is 9.29 Å². The normalized spacial score (nSPS) is 15.0. The average Bonchev–Trinajstić information content (AvgIpc) is 3.59. The van der Waals surface area contributed by atoms with Gasteiger partial charge in [-0.3, -0.25) is 0 Å². The van der Waals surface area contributed by atoms with Crippen LogP contribution in [0.25, 0.3) is 22.2 Å². The summed E-state index contributed by atoms with van der Waals surface area (Å²) in [7, 11) is -3.79. The van der Waals surface area contributed by atoms with Gasteiger partial charge in [-0.25, -0.2) is 12.8 Å². The van der Waals surface area contributed by atoms with E-state index in [0.29, 0.717) is 21.1 Å². The molecule has 1 saturated carbocycles. The molecule has 4 aromatic rings. The molecule has 10 heteroatoms. The van der Waals surface area contributed by atoms with Gasteiger partial charge < -0.3 is 8.94 Å². The van der Waals surface area contributed by atoms with E-state index >= 15 is 0 Å². The predicted octanol–water partition coefficient (Wildman–Crippen LogP) is 5.64. The minimum atomic E-state index is -3.79. The summed E-state index contributed by atoms with van der Waals surface area (Å²) in [5.74, 6) is 0.644. The Morgan fingerprint density at radius 1 is 1.18 bits per heavy atom. The molecule has 1 fully saturated rings. The van der Waals surface area contributed by atoms with Crippen molar-refractivity contribution in [2.24, 2.45) is 0 Å². The molecule has 0 aliphatic heterocycles. The van der Waals surface area contributed by atoms with Crippen LogP contribution in [-0.2, 0) is 16.6 Å². The minimum absolute atomic E-state index is 0.0640. The van der Waals surface area contributed by atoms with E-state index in [1.807, 2.05) is 0 Å². The van der Waals surface area contributed by atoms with Crippen LogP contribution in [0.5, 0.6) is 0 Å². The van der Waals surface area contributed by atoms with Crippen molar-refractivity contribution in [3.05, 3.63) is 65.2 Å². The van der Waals surface area contributed by atoms with Gasteiger partial charge in [-0.15, -0.1) is 11.3 Å². The van der Waals surface area contributed by atoms with Crippen LogP contribution in [0, 0.1) is 12.7 Å². The summed E-state index contributed by atoms with van der Waals surface area (Å²) in [5, 5.41) is 3.93. The molecule has 0 N–H and O–H groups in total. The fraction of sp³-hybridized carbons (Fsp3) is 0.304. The Hall–Kier alpha value is -2.82. The Labute approximate surface area is 194 Å². The smallest absolute Gasteiger partial charge is 0.268 e. The maximum atomic E-state index is 13.8. The van der Waals surface area contributed by atoms with Crippen LogP contribution in [0.4, 0.5) is 4.39 Å². The maximum Gasteiger partial charge on any atom is 0.268 e. The standard InChI is InChI=1S/C23H22FN3O4S2/c1-15-21(33(28,29)27(18-8-2-3-9-18)14-19-10-5-11-30-19)13-20(32-15)23-25-22(26-31-23)16-6-4-7-17(24)12-16/h4-7,10-13,18H,2-3,8-9,14H2,1H3. The molecule has 33 heavy (non-hydrogen) atoms. The summed E-state index contributed by atoms with van der Waals surface area (Å²) in [4.78, 5) is 5.77. The molecule has 0 unspecified atom stereocenters. The van der Waals surface area contributed by atoms with Crippen molar-refractivity contribution in [1.29, 1.82) is 0 Å². The van der Waals surface area contributed by atoms with Crippen molar-refractivity contribution >= 4 is 21.4 Å². The monoisotopic (exact) mass is 487 g/mol. The summed E-state index contributed by atoms with van der Waals surface area (Å²) in [6.45, 7) is 1.96. The zero-order valence-corrected chi connectivity index (χ0v) is 19.5. The predicted molar refractivity (Wildman–Crippen MR) is 121 cm³/mol. The highest BCUT2D eigenvalue weighted by atomic mass is 32.2. The van der Waals surface area contributed by atoms with Gasteiger partial charge in [0.2, 0.25) is 15.8 Å². The van der Waals surface area contributed by atoms with Crippen LogP contribution in [0.1, 0.15) is 36.3 Å². The number of thiophene rings is 1. The Bertz CT molecular complexity index is 1360. The van der Waals surface area contributed by atoms with Crippen molar-refractivity contribution in [2.75, 3.05) is 0 Å². The van der Waals surface area contributed by atoms with Crippen LogP contribution in [0.15, 0.2) is 62.6 Å². The lowest BCUT2D eigenvalue weighted by Crippen LogP contribution is -2.38. The lowest BCUT2D eigenvalue weighted by Gasteiger charge is -2.27. The average molecular weight is 488 g/mol. The maximum absolute atomic E-state index is 13.8. The van der Waals surface area contributed by atoms with Gasteiger partial charge in [0.05, 0.1) is 22.6 Å². The molecule has 3 aromatic heterocycles. The second-order valence-electron chi connectivity index (χ2n) is 8.03. The molecule has 1 aliphatic rings. The Morgan fingerprint density at radius 2 is 2.00 bits per heavy atom. The number of nitrogens with zero attached hydrogens (tertiary/aromatic N) is 3. The molecule has 0 radical (unpaired) electrons. The number of hydrogen-bond acceptors (Lipinski definition) is 7. The summed E-state index contributed by atoms with van der Waals surface area (Å²) >= 11 is 1.27. The number of aryl methyl sites for hydroxylation is 1. The third-order valence-corrected chi connectivity index (χ3v) is 8.99. The first-order valence-electron chi connectivity index (χ1n) is 10.7. The van der Waals surface area contributed by atoms with Gasteiger partial charge in [0.1, 0.15) is 11.6 Å². The van der Waals surface area contributed by atoms with Gasteiger partial charge in [-0.05, 0) is 50.1 Å². The highest BCUT2D eigenvalue weighted by molar-refractivity contribution is 7.89. The molecule has 5 rings (SSSR count). The van der Waals surface area contributed by atoms with Crippen LogP contribution >= 0.6 is 11.3 Å². The number of halogens is 1. The summed E-state index contributed by atoms with van der Waals surface area (Å²) in [6.07, 6.45) is 5.23. The van der Waals surface area contributed by atoms with Crippen LogP contribution in [0.2, 0.25) is 0 Å². The van der Waals surface area contributed by atoms with Crippen molar-refractivity contribution < 1.29 is 21.7 Å². The van der Waals surface area contributed by atoms with E-state index in [1.54, 1.807) is 47.8 Å². The molecule has 172 valence electrons. The molecule has 0 spiro atoms.